The third-order valence-electron chi connectivity index (χ3n) is 6.17. The van der Waals surface area contributed by atoms with Crippen molar-refractivity contribution in [2.24, 2.45) is 5.92 Å². The second-order valence-electron chi connectivity index (χ2n) is 7.63. The predicted molar refractivity (Wildman–Crippen MR) is 96.4 cm³/mol. The summed E-state index contributed by atoms with van der Waals surface area (Å²) in [5, 5.41) is 12.8. The Balaban J connectivity index is 1.47. The molecule has 1 aromatic carbocycles. The van der Waals surface area contributed by atoms with E-state index in [0.717, 1.165) is 25.1 Å². The number of benzene rings is 1. The highest BCUT2D eigenvalue weighted by atomic mass is 15.1. The Morgan fingerprint density at radius 2 is 2.17 bits per heavy atom. The highest BCUT2D eigenvalue weighted by Gasteiger charge is 2.36. The first-order valence-electron chi connectivity index (χ1n) is 9.03. The van der Waals surface area contributed by atoms with E-state index >= 15 is 0 Å². The van der Waals surface area contributed by atoms with Crippen LogP contribution in [-0.2, 0) is 12.8 Å². The fourth-order valence-corrected chi connectivity index (χ4v) is 4.94. The van der Waals surface area contributed by atoms with E-state index in [4.69, 9.17) is 0 Å². The molecule has 1 fully saturated rings. The molecule has 3 atom stereocenters. The van der Waals surface area contributed by atoms with Gasteiger partial charge in [-0.3, -0.25) is 5.10 Å². The SMILES string of the molecule is Cc1n[nH]c(C)c1CC1CN[C@@H]2Cc3c[nH]c4cccc(c34)[C@H]2C1. The molecule has 0 saturated carbocycles. The number of nitrogens with one attached hydrogen (secondary N) is 3. The summed E-state index contributed by atoms with van der Waals surface area (Å²) < 4.78 is 0. The molecule has 2 aromatic heterocycles. The largest absolute Gasteiger partial charge is 0.361 e. The Labute approximate surface area is 142 Å². The Bertz CT molecular complexity index is 884. The van der Waals surface area contributed by atoms with E-state index in [-0.39, 0.29) is 0 Å². The van der Waals surface area contributed by atoms with Crippen molar-refractivity contribution in [3.63, 3.8) is 0 Å². The maximum atomic E-state index is 4.37. The molecule has 1 aliphatic heterocycles. The Morgan fingerprint density at radius 1 is 1.25 bits per heavy atom. The van der Waals surface area contributed by atoms with Gasteiger partial charge in [0, 0.05) is 34.8 Å². The maximum absolute atomic E-state index is 4.37. The van der Waals surface area contributed by atoms with Crippen molar-refractivity contribution < 1.29 is 0 Å². The minimum Gasteiger partial charge on any atom is -0.361 e. The van der Waals surface area contributed by atoms with Crippen molar-refractivity contribution in [1.29, 1.82) is 0 Å². The third-order valence-corrected chi connectivity index (χ3v) is 6.17. The van der Waals surface area contributed by atoms with Crippen molar-refractivity contribution in [2.45, 2.75) is 45.1 Å². The topological polar surface area (TPSA) is 56.5 Å². The molecule has 2 aliphatic rings. The van der Waals surface area contributed by atoms with Crippen molar-refractivity contribution in [1.82, 2.24) is 20.5 Å². The lowest BCUT2D eigenvalue weighted by Gasteiger charge is -2.40. The highest BCUT2D eigenvalue weighted by molar-refractivity contribution is 5.88. The Hall–Kier alpha value is -2.07. The average molecular weight is 320 g/mol. The molecule has 3 N–H and O–H groups in total. The molecule has 0 bridgehead atoms. The van der Waals surface area contributed by atoms with Gasteiger partial charge in [0.2, 0.25) is 0 Å². The van der Waals surface area contributed by atoms with Gasteiger partial charge in [0.25, 0.3) is 0 Å². The molecule has 0 spiro atoms. The van der Waals surface area contributed by atoms with Crippen molar-refractivity contribution >= 4 is 10.9 Å². The molecule has 3 aromatic rings. The van der Waals surface area contributed by atoms with Gasteiger partial charge < -0.3 is 10.3 Å². The molecule has 0 amide bonds. The smallest absolute Gasteiger partial charge is 0.0626 e. The fourth-order valence-electron chi connectivity index (χ4n) is 4.94. The van der Waals surface area contributed by atoms with E-state index in [2.05, 4.69) is 58.7 Å². The number of aryl methyl sites for hydroxylation is 2. The molecule has 24 heavy (non-hydrogen) atoms. The Morgan fingerprint density at radius 3 is 3.00 bits per heavy atom. The number of aromatic nitrogens is 3. The molecule has 1 unspecified atom stereocenters. The van der Waals surface area contributed by atoms with Crippen molar-refractivity contribution in [2.75, 3.05) is 6.54 Å². The molecule has 124 valence electrons. The summed E-state index contributed by atoms with van der Waals surface area (Å²) in [6.45, 7) is 5.37. The van der Waals surface area contributed by atoms with E-state index in [0.29, 0.717) is 17.9 Å². The van der Waals surface area contributed by atoms with Crippen LogP contribution in [0.25, 0.3) is 10.9 Å². The van der Waals surface area contributed by atoms with Crippen LogP contribution in [0.5, 0.6) is 0 Å². The highest BCUT2D eigenvalue weighted by Crippen LogP contribution is 2.42. The number of piperidine rings is 1. The van der Waals surface area contributed by atoms with Gasteiger partial charge in [-0.15, -0.1) is 0 Å². The summed E-state index contributed by atoms with van der Waals surface area (Å²) in [6.07, 6.45) is 5.75. The zero-order valence-corrected chi connectivity index (χ0v) is 14.3. The van der Waals surface area contributed by atoms with Crippen LogP contribution in [0.2, 0.25) is 0 Å². The van der Waals surface area contributed by atoms with Gasteiger partial charge in [-0.25, -0.2) is 0 Å². The fraction of sp³-hybridized carbons (Fsp3) is 0.450. The minimum atomic E-state index is 0.585. The minimum absolute atomic E-state index is 0.585. The molecule has 4 heteroatoms. The van der Waals surface area contributed by atoms with Crippen molar-refractivity contribution in [3.8, 4) is 0 Å². The van der Waals surface area contributed by atoms with Crippen LogP contribution < -0.4 is 5.32 Å². The third kappa shape index (κ3) is 2.06. The maximum Gasteiger partial charge on any atom is 0.0626 e. The quantitative estimate of drug-likeness (QED) is 0.678. The first-order valence-corrected chi connectivity index (χ1v) is 9.03. The number of rotatable bonds is 2. The van der Waals surface area contributed by atoms with Gasteiger partial charge >= 0.3 is 0 Å². The van der Waals surface area contributed by atoms with Crippen LogP contribution >= 0.6 is 0 Å². The number of aromatic amines is 2. The summed E-state index contributed by atoms with van der Waals surface area (Å²) in [4.78, 5) is 3.45. The molecular weight excluding hydrogens is 296 g/mol. The number of hydrogen-bond donors (Lipinski definition) is 3. The molecule has 0 radical (unpaired) electrons. The average Bonchev–Trinajstić information content (AvgIpc) is 3.15. The van der Waals surface area contributed by atoms with Gasteiger partial charge in [0.15, 0.2) is 0 Å². The van der Waals surface area contributed by atoms with E-state index in [9.17, 15) is 0 Å². The van der Waals surface area contributed by atoms with Crippen LogP contribution in [0.1, 0.15) is 40.4 Å². The number of hydrogen-bond acceptors (Lipinski definition) is 2. The second kappa shape index (κ2) is 5.21. The summed E-state index contributed by atoms with van der Waals surface area (Å²) in [5.41, 5.74) is 8.12. The molecular formula is C20H24N4. The molecule has 3 heterocycles. The molecule has 1 aliphatic carbocycles. The number of fused-ring (bicyclic) bond motifs is 2. The van der Waals surface area contributed by atoms with Gasteiger partial charge in [-0.2, -0.15) is 5.10 Å². The zero-order chi connectivity index (χ0) is 16.3. The summed E-state index contributed by atoms with van der Waals surface area (Å²) in [7, 11) is 0. The van der Waals surface area contributed by atoms with E-state index in [1.54, 1.807) is 0 Å². The van der Waals surface area contributed by atoms with Crippen LogP contribution in [-0.4, -0.2) is 27.8 Å². The molecule has 1 saturated heterocycles. The van der Waals surface area contributed by atoms with Gasteiger partial charge in [-0.1, -0.05) is 12.1 Å². The second-order valence-corrected chi connectivity index (χ2v) is 7.63. The predicted octanol–water partition coefficient (Wildman–Crippen LogP) is 3.37. The van der Waals surface area contributed by atoms with Gasteiger partial charge in [0.05, 0.1) is 5.69 Å². The van der Waals surface area contributed by atoms with Crippen molar-refractivity contribution in [3.05, 3.63) is 52.5 Å². The van der Waals surface area contributed by atoms with E-state index in [1.807, 2.05) is 0 Å². The van der Waals surface area contributed by atoms with Crippen LogP contribution in [0.3, 0.4) is 0 Å². The zero-order valence-electron chi connectivity index (χ0n) is 14.3. The number of nitrogens with zero attached hydrogens (tertiary/aromatic N) is 1. The van der Waals surface area contributed by atoms with Gasteiger partial charge in [-0.05, 0) is 68.3 Å². The lowest BCUT2D eigenvalue weighted by molar-refractivity contribution is 0.267. The first kappa shape index (κ1) is 14.3. The lowest BCUT2D eigenvalue weighted by atomic mass is 9.72. The van der Waals surface area contributed by atoms with Crippen LogP contribution in [0.15, 0.2) is 24.4 Å². The molecule has 5 rings (SSSR count). The standard InChI is InChI=1S/C20H24N4/c1-11-16(12(2)24-23-11)6-13-7-17-15-4-3-5-18-20(15)14(10-22-18)8-19(17)21-9-13/h3-5,10,13,17,19,21-22H,6-9H2,1-2H3,(H,23,24)/t13?,17-,19-/m1/s1. The van der Waals surface area contributed by atoms with E-state index < -0.39 is 0 Å². The van der Waals surface area contributed by atoms with E-state index in [1.165, 1.54) is 39.7 Å². The summed E-state index contributed by atoms with van der Waals surface area (Å²) in [6, 6.07) is 7.33. The normalized spacial score (nSPS) is 25.8. The van der Waals surface area contributed by atoms with Crippen LogP contribution in [0, 0.1) is 19.8 Å². The summed E-state index contributed by atoms with van der Waals surface area (Å²) >= 11 is 0. The van der Waals surface area contributed by atoms with Gasteiger partial charge in [0.1, 0.15) is 0 Å². The van der Waals surface area contributed by atoms with Crippen LogP contribution in [0.4, 0.5) is 0 Å². The monoisotopic (exact) mass is 320 g/mol. The summed E-state index contributed by atoms with van der Waals surface area (Å²) in [5.74, 6) is 1.31. The first-order chi connectivity index (χ1) is 11.7. The molecule has 4 nitrogen and oxygen atoms in total. The number of H-pyrrole nitrogens is 2. The Kier molecular flexibility index (Phi) is 3.10. The lowest BCUT2D eigenvalue weighted by Crippen LogP contribution is -2.47.